The summed E-state index contributed by atoms with van der Waals surface area (Å²) < 4.78 is 5.98. The molecule has 1 saturated heterocycles. The molecule has 4 nitrogen and oxygen atoms in total. The average Bonchev–Trinajstić information content (AvgIpc) is 3.08. The number of amidine groups is 1. The standard InChI is InChI=1S/C24H17Cl3N2O2S/c1-14-9-18(26)5-7-20(14)28-24-29-23(30)22(32-24)12-16-11-19(27)6-8-21(16)31-13-15-3-2-4-17(25)10-15/h2-12H,13H2,1H3,(H,28,29,30)/b22-12-. The van der Waals surface area contributed by atoms with Crippen LogP contribution >= 0.6 is 46.6 Å². The van der Waals surface area contributed by atoms with E-state index in [1.807, 2.05) is 43.3 Å². The summed E-state index contributed by atoms with van der Waals surface area (Å²) in [6.07, 6.45) is 1.75. The zero-order chi connectivity index (χ0) is 22.7. The lowest BCUT2D eigenvalue weighted by atomic mass is 10.1. The molecule has 0 aliphatic carbocycles. The minimum Gasteiger partial charge on any atom is -0.488 e. The largest absolute Gasteiger partial charge is 0.488 e. The second kappa shape index (κ2) is 10.0. The van der Waals surface area contributed by atoms with Crippen LogP contribution in [0.25, 0.3) is 6.08 Å². The molecule has 0 spiro atoms. The van der Waals surface area contributed by atoms with Crippen molar-refractivity contribution in [1.82, 2.24) is 5.32 Å². The molecule has 0 unspecified atom stereocenters. The van der Waals surface area contributed by atoms with Crippen LogP contribution in [0.2, 0.25) is 15.1 Å². The van der Waals surface area contributed by atoms with E-state index in [0.29, 0.717) is 43.1 Å². The van der Waals surface area contributed by atoms with Gasteiger partial charge in [-0.3, -0.25) is 4.79 Å². The van der Waals surface area contributed by atoms with Gasteiger partial charge in [0.2, 0.25) is 0 Å². The predicted molar refractivity (Wildman–Crippen MR) is 134 cm³/mol. The van der Waals surface area contributed by atoms with Crippen molar-refractivity contribution in [3.8, 4) is 5.75 Å². The molecule has 4 rings (SSSR count). The number of carbonyl (C=O) groups is 1. The Morgan fingerprint density at radius 3 is 2.53 bits per heavy atom. The molecular formula is C24H17Cl3N2O2S. The van der Waals surface area contributed by atoms with Crippen LogP contribution < -0.4 is 10.1 Å². The number of halogens is 3. The summed E-state index contributed by atoms with van der Waals surface area (Å²) in [5, 5.41) is 5.12. The highest BCUT2D eigenvalue weighted by molar-refractivity contribution is 8.18. The van der Waals surface area contributed by atoms with E-state index in [2.05, 4.69) is 10.3 Å². The Morgan fingerprint density at radius 1 is 1.00 bits per heavy atom. The van der Waals surface area contributed by atoms with Crippen molar-refractivity contribution < 1.29 is 9.53 Å². The van der Waals surface area contributed by atoms with Gasteiger partial charge in [-0.1, -0.05) is 46.9 Å². The van der Waals surface area contributed by atoms with E-state index in [-0.39, 0.29) is 5.91 Å². The van der Waals surface area contributed by atoms with E-state index in [4.69, 9.17) is 39.5 Å². The molecule has 0 bridgehead atoms. The summed E-state index contributed by atoms with van der Waals surface area (Å²) in [4.78, 5) is 17.6. The Morgan fingerprint density at radius 2 is 1.75 bits per heavy atom. The third-order valence-corrected chi connectivity index (χ3v) is 6.19. The van der Waals surface area contributed by atoms with Gasteiger partial charge in [0.05, 0.1) is 10.6 Å². The number of hydrogen-bond acceptors (Lipinski definition) is 4. The fraction of sp³-hybridized carbons (Fsp3) is 0.0833. The summed E-state index contributed by atoms with van der Waals surface area (Å²) >= 11 is 19.5. The number of nitrogens with one attached hydrogen (secondary N) is 1. The first kappa shape index (κ1) is 22.7. The molecule has 1 heterocycles. The van der Waals surface area contributed by atoms with Crippen LogP contribution in [0.1, 0.15) is 16.7 Å². The Balaban J connectivity index is 1.57. The number of rotatable bonds is 5. The van der Waals surface area contributed by atoms with Gasteiger partial charge in [-0.25, -0.2) is 4.99 Å². The molecule has 162 valence electrons. The molecule has 1 amide bonds. The number of benzene rings is 3. The molecular weight excluding hydrogens is 487 g/mol. The maximum absolute atomic E-state index is 12.5. The Hall–Kier alpha value is -2.44. The molecule has 1 fully saturated rings. The van der Waals surface area contributed by atoms with Crippen LogP contribution in [0, 0.1) is 6.92 Å². The van der Waals surface area contributed by atoms with Crippen molar-refractivity contribution in [1.29, 1.82) is 0 Å². The summed E-state index contributed by atoms with van der Waals surface area (Å²) in [5.41, 5.74) is 3.29. The smallest absolute Gasteiger partial charge is 0.264 e. The first-order valence-electron chi connectivity index (χ1n) is 9.60. The zero-order valence-corrected chi connectivity index (χ0v) is 19.9. The van der Waals surface area contributed by atoms with Crippen LogP contribution in [0.4, 0.5) is 5.69 Å². The monoisotopic (exact) mass is 502 g/mol. The first-order valence-corrected chi connectivity index (χ1v) is 11.5. The van der Waals surface area contributed by atoms with Gasteiger partial charge in [-0.15, -0.1) is 0 Å². The van der Waals surface area contributed by atoms with Crippen molar-refractivity contribution >= 4 is 69.4 Å². The molecule has 32 heavy (non-hydrogen) atoms. The van der Waals surface area contributed by atoms with Crippen molar-refractivity contribution in [3.05, 3.63) is 97.3 Å². The Kier molecular flexibility index (Phi) is 7.11. The van der Waals surface area contributed by atoms with E-state index < -0.39 is 0 Å². The topological polar surface area (TPSA) is 50.7 Å². The number of amides is 1. The van der Waals surface area contributed by atoms with Gasteiger partial charge < -0.3 is 10.1 Å². The van der Waals surface area contributed by atoms with Crippen molar-refractivity contribution in [2.24, 2.45) is 4.99 Å². The van der Waals surface area contributed by atoms with Crippen LogP contribution in [0.3, 0.4) is 0 Å². The van der Waals surface area contributed by atoms with Gasteiger partial charge in [0, 0.05) is 20.6 Å². The molecule has 0 aromatic heterocycles. The third kappa shape index (κ3) is 5.67. The predicted octanol–water partition coefficient (Wildman–Crippen LogP) is 7.43. The Labute approximate surface area is 205 Å². The number of ether oxygens (including phenoxy) is 1. The maximum atomic E-state index is 12.5. The minimum atomic E-state index is -0.235. The van der Waals surface area contributed by atoms with Gasteiger partial charge in [0.1, 0.15) is 12.4 Å². The van der Waals surface area contributed by atoms with Crippen LogP contribution in [0.15, 0.2) is 70.6 Å². The van der Waals surface area contributed by atoms with E-state index in [9.17, 15) is 4.79 Å². The van der Waals surface area contributed by atoms with Crippen molar-refractivity contribution in [2.75, 3.05) is 0 Å². The molecule has 0 atom stereocenters. The van der Waals surface area contributed by atoms with Gasteiger partial charge >= 0.3 is 0 Å². The van der Waals surface area contributed by atoms with E-state index >= 15 is 0 Å². The van der Waals surface area contributed by atoms with Gasteiger partial charge in [0.25, 0.3) is 5.91 Å². The summed E-state index contributed by atoms with van der Waals surface area (Å²) in [6, 6.07) is 18.2. The molecule has 3 aromatic carbocycles. The molecule has 1 aliphatic heterocycles. The minimum absolute atomic E-state index is 0.235. The number of carbonyl (C=O) groups excluding carboxylic acids is 1. The molecule has 8 heteroatoms. The van der Waals surface area contributed by atoms with Crippen LogP contribution in [-0.4, -0.2) is 11.1 Å². The highest BCUT2D eigenvalue weighted by Crippen LogP contribution is 2.33. The normalized spacial score (nSPS) is 15.9. The SMILES string of the molecule is Cc1cc(Cl)ccc1N=C1NC(=O)/C(=C/c2cc(Cl)ccc2OCc2cccc(Cl)c2)S1. The fourth-order valence-electron chi connectivity index (χ4n) is 3.03. The second-order valence-electron chi connectivity index (χ2n) is 7.01. The first-order chi connectivity index (χ1) is 15.4. The van der Waals surface area contributed by atoms with Crippen LogP contribution in [-0.2, 0) is 11.4 Å². The van der Waals surface area contributed by atoms with Crippen molar-refractivity contribution in [2.45, 2.75) is 13.5 Å². The van der Waals surface area contributed by atoms with Gasteiger partial charge in [0.15, 0.2) is 5.17 Å². The summed E-state index contributed by atoms with van der Waals surface area (Å²) in [7, 11) is 0. The highest BCUT2D eigenvalue weighted by atomic mass is 35.5. The lowest BCUT2D eigenvalue weighted by Gasteiger charge is -2.10. The second-order valence-corrected chi connectivity index (χ2v) is 9.35. The summed E-state index contributed by atoms with van der Waals surface area (Å²) in [5.74, 6) is 0.371. The third-order valence-electron chi connectivity index (χ3n) is 4.57. The molecule has 0 radical (unpaired) electrons. The lowest BCUT2D eigenvalue weighted by molar-refractivity contribution is -0.115. The van der Waals surface area contributed by atoms with Gasteiger partial charge in [-0.2, -0.15) is 0 Å². The van der Waals surface area contributed by atoms with Crippen LogP contribution in [0.5, 0.6) is 5.75 Å². The maximum Gasteiger partial charge on any atom is 0.264 e. The number of aryl methyl sites for hydroxylation is 1. The number of aliphatic imine (C=N–C) groups is 1. The fourth-order valence-corrected chi connectivity index (χ4v) is 4.47. The molecule has 1 N–H and O–H groups in total. The Bertz CT molecular complexity index is 1260. The van der Waals surface area contributed by atoms with E-state index in [1.54, 1.807) is 30.3 Å². The van der Waals surface area contributed by atoms with E-state index in [1.165, 1.54) is 11.8 Å². The van der Waals surface area contributed by atoms with Crippen molar-refractivity contribution in [3.63, 3.8) is 0 Å². The molecule has 3 aromatic rings. The number of nitrogens with zero attached hydrogens (tertiary/aromatic N) is 1. The lowest BCUT2D eigenvalue weighted by Crippen LogP contribution is -2.19. The average molecular weight is 504 g/mol. The number of thioether (sulfide) groups is 1. The quantitative estimate of drug-likeness (QED) is 0.368. The number of hydrogen-bond donors (Lipinski definition) is 1. The molecule has 1 aliphatic rings. The van der Waals surface area contributed by atoms with E-state index in [0.717, 1.165) is 16.8 Å². The molecule has 0 saturated carbocycles. The summed E-state index contributed by atoms with van der Waals surface area (Å²) in [6.45, 7) is 2.25. The van der Waals surface area contributed by atoms with Gasteiger partial charge in [-0.05, 0) is 84.4 Å². The zero-order valence-electron chi connectivity index (χ0n) is 16.9. The highest BCUT2D eigenvalue weighted by Gasteiger charge is 2.24.